The van der Waals surface area contributed by atoms with Gasteiger partial charge in [0.25, 0.3) is 0 Å². The lowest BCUT2D eigenvalue weighted by Crippen LogP contribution is -1.72. The number of hydrogen-bond acceptors (Lipinski definition) is 2. The maximum absolute atomic E-state index is 6.00. The molecule has 0 radical (unpaired) electrons. The number of nitrogens with two attached hydrogens (primary N) is 1. The highest BCUT2D eigenvalue weighted by molar-refractivity contribution is 9.10. The van der Waals surface area contributed by atoms with Crippen LogP contribution in [0.3, 0.4) is 0 Å². The summed E-state index contributed by atoms with van der Waals surface area (Å²) in [7, 11) is 0. The molecule has 12 heavy (non-hydrogen) atoms. The first-order valence-corrected chi connectivity index (χ1v) is 5.29. The van der Waals surface area contributed by atoms with Gasteiger partial charge < -0.3 is 5.73 Å². The second-order valence-electron chi connectivity index (χ2n) is 2.45. The summed E-state index contributed by atoms with van der Waals surface area (Å²) in [5.74, 6) is 0. The van der Waals surface area contributed by atoms with Crippen molar-refractivity contribution < 1.29 is 0 Å². The van der Waals surface area contributed by atoms with Crippen LogP contribution in [0.4, 0.5) is 5.00 Å². The largest absolute Gasteiger partial charge is 0.391 e. The van der Waals surface area contributed by atoms with Crippen molar-refractivity contribution in [3.8, 4) is 0 Å². The normalized spacial score (nSPS) is 10.8. The number of nitrogen functional groups attached to an aromatic ring is 1. The molecule has 4 heteroatoms. The van der Waals surface area contributed by atoms with E-state index in [9.17, 15) is 0 Å². The molecule has 2 N–H and O–H groups in total. The van der Waals surface area contributed by atoms with Gasteiger partial charge in [0.2, 0.25) is 0 Å². The summed E-state index contributed by atoms with van der Waals surface area (Å²) >= 11 is 10.9. The summed E-state index contributed by atoms with van der Waals surface area (Å²) in [5, 5.41) is 2.64. The van der Waals surface area contributed by atoms with Crippen LogP contribution >= 0.6 is 38.9 Å². The molecule has 0 aliphatic carbocycles. The van der Waals surface area contributed by atoms with Crippen LogP contribution in [0.5, 0.6) is 0 Å². The predicted octanol–water partition coefficient (Wildman–Crippen LogP) is 3.90. The van der Waals surface area contributed by atoms with E-state index in [1.807, 2.05) is 18.2 Å². The molecule has 0 saturated carbocycles. The van der Waals surface area contributed by atoms with Crippen LogP contribution in [0.15, 0.2) is 22.7 Å². The van der Waals surface area contributed by atoms with Gasteiger partial charge in [0.05, 0.1) is 14.7 Å². The lowest BCUT2D eigenvalue weighted by atomic mass is 10.3. The maximum Gasteiger partial charge on any atom is 0.0869 e. The monoisotopic (exact) mass is 261 g/mol. The topological polar surface area (TPSA) is 26.0 Å². The van der Waals surface area contributed by atoms with E-state index in [0.717, 1.165) is 24.6 Å². The van der Waals surface area contributed by atoms with Gasteiger partial charge in [0.1, 0.15) is 0 Å². The molecular formula is C8H5BrClNS. The minimum absolute atomic E-state index is 0.751. The third kappa shape index (κ3) is 1.32. The summed E-state index contributed by atoms with van der Waals surface area (Å²) in [6.07, 6.45) is 0. The summed E-state index contributed by atoms with van der Waals surface area (Å²) < 4.78 is 2.04. The van der Waals surface area contributed by atoms with E-state index in [1.165, 1.54) is 11.3 Å². The SMILES string of the molecule is Nc1cc2cc(Br)cc(Cl)c2s1. The van der Waals surface area contributed by atoms with E-state index in [-0.39, 0.29) is 0 Å². The van der Waals surface area contributed by atoms with E-state index in [1.54, 1.807) is 0 Å². The average Bonchev–Trinajstić information content (AvgIpc) is 2.29. The summed E-state index contributed by atoms with van der Waals surface area (Å²) in [5.41, 5.74) is 5.65. The van der Waals surface area contributed by atoms with Crippen LogP contribution in [0.1, 0.15) is 0 Å². The zero-order chi connectivity index (χ0) is 8.72. The van der Waals surface area contributed by atoms with Gasteiger partial charge in [0.15, 0.2) is 0 Å². The lowest BCUT2D eigenvalue weighted by Gasteiger charge is -1.93. The fraction of sp³-hybridized carbons (Fsp3) is 0. The Bertz CT molecular complexity index is 438. The van der Waals surface area contributed by atoms with Gasteiger partial charge in [-0.1, -0.05) is 27.5 Å². The Labute approximate surface area is 87.3 Å². The standard InChI is InChI=1S/C8H5BrClNS/c9-5-1-4-2-7(11)12-8(4)6(10)3-5/h1-3H,11H2. The van der Waals surface area contributed by atoms with Crippen molar-refractivity contribution in [2.45, 2.75) is 0 Å². The van der Waals surface area contributed by atoms with Crippen molar-refractivity contribution in [3.63, 3.8) is 0 Å². The van der Waals surface area contributed by atoms with Crippen molar-refractivity contribution >= 4 is 54.0 Å². The zero-order valence-electron chi connectivity index (χ0n) is 5.97. The molecule has 0 bridgehead atoms. The number of anilines is 1. The molecule has 0 atom stereocenters. The van der Waals surface area contributed by atoms with Gasteiger partial charge in [-0.2, -0.15) is 0 Å². The number of halogens is 2. The molecule has 0 amide bonds. The molecule has 0 spiro atoms. The predicted molar refractivity (Wildman–Crippen MR) is 58.9 cm³/mol. The Morgan fingerprint density at radius 2 is 2.08 bits per heavy atom. The maximum atomic E-state index is 6.00. The number of thiophene rings is 1. The van der Waals surface area contributed by atoms with Crippen LogP contribution in [0, 0.1) is 0 Å². The van der Waals surface area contributed by atoms with Crippen molar-refractivity contribution in [3.05, 3.63) is 27.7 Å². The molecular weight excluding hydrogens is 258 g/mol. The summed E-state index contributed by atoms with van der Waals surface area (Å²) in [6.45, 7) is 0. The first kappa shape index (κ1) is 8.35. The van der Waals surface area contributed by atoms with Crippen molar-refractivity contribution in [1.82, 2.24) is 0 Å². The fourth-order valence-corrected chi connectivity index (χ4v) is 2.86. The molecule has 0 fully saturated rings. The van der Waals surface area contributed by atoms with E-state index in [2.05, 4.69) is 15.9 Å². The molecule has 1 nitrogen and oxygen atoms in total. The van der Waals surface area contributed by atoms with Gasteiger partial charge >= 0.3 is 0 Å². The zero-order valence-corrected chi connectivity index (χ0v) is 9.13. The van der Waals surface area contributed by atoms with Crippen LogP contribution < -0.4 is 5.73 Å². The second kappa shape index (κ2) is 2.91. The van der Waals surface area contributed by atoms with Crippen LogP contribution in [0.2, 0.25) is 5.02 Å². The second-order valence-corrected chi connectivity index (χ2v) is 4.86. The molecule has 2 rings (SSSR count). The summed E-state index contributed by atoms with van der Waals surface area (Å²) in [6, 6.07) is 5.81. The Hall–Kier alpha value is -0.250. The minimum atomic E-state index is 0.751. The Morgan fingerprint density at radius 3 is 2.83 bits per heavy atom. The molecule has 0 aliphatic heterocycles. The highest BCUT2D eigenvalue weighted by Gasteiger charge is 2.04. The van der Waals surface area contributed by atoms with Gasteiger partial charge in [-0.05, 0) is 23.6 Å². The van der Waals surface area contributed by atoms with E-state index < -0.39 is 0 Å². The Kier molecular flexibility index (Phi) is 2.02. The van der Waals surface area contributed by atoms with E-state index in [4.69, 9.17) is 17.3 Å². The minimum Gasteiger partial charge on any atom is -0.391 e. The highest BCUT2D eigenvalue weighted by atomic mass is 79.9. The quantitative estimate of drug-likeness (QED) is 0.765. The molecule has 0 unspecified atom stereocenters. The molecule has 62 valence electrons. The molecule has 0 aliphatic rings. The fourth-order valence-electron chi connectivity index (χ4n) is 1.10. The Morgan fingerprint density at radius 1 is 1.33 bits per heavy atom. The average molecular weight is 263 g/mol. The van der Waals surface area contributed by atoms with E-state index >= 15 is 0 Å². The molecule has 1 aromatic heterocycles. The smallest absolute Gasteiger partial charge is 0.0869 e. The van der Waals surface area contributed by atoms with Gasteiger partial charge in [0, 0.05) is 4.47 Å². The third-order valence-electron chi connectivity index (χ3n) is 1.55. The van der Waals surface area contributed by atoms with Gasteiger partial charge in [-0.15, -0.1) is 11.3 Å². The van der Waals surface area contributed by atoms with E-state index in [0.29, 0.717) is 0 Å². The number of hydrogen-bond donors (Lipinski definition) is 1. The van der Waals surface area contributed by atoms with Crippen LogP contribution in [-0.2, 0) is 0 Å². The molecule has 1 heterocycles. The number of benzene rings is 1. The third-order valence-corrected chi connectivity index (χ3v) is 3.44. The van der Waals surface area contributed by atoms with Gasteiger partial charge in [-0.25, -0.2) is 0 Å². The van der Waals surface area contributed by atoms with Crippen molar-refractivity contribution in [2.24, 2.45) is 0 Å². The van der Waals surface area contributed by atoms with Crippen molar-refractivity contribution in [2.75, 3.05) is 5.73 Å². The first-order chi connectivity index (χ1) is 5.66. The van der Waals surface area contributed by atoms with Crippen molar-refractivity contribution in [1.29, 1.82) is 0 Å². The van der Waals surface area contributed by atoms with Crippen LogP contribution in [0.25, 0.3) is 10.1 Å². The van der Waals surface area contributed by atoms with Gasteiger partial charge in [-0.3, -0.25) is 0 Å². The number of fused-ring (bicyclic) bond motifs is 1. The first-order valence-electron chi connectivity index (χ1n) is 3.31. The van der Waals surface area contributed by atoms with Crippen LogP contribution in [-0.4, -0.2) is 0 Å². The number of rotatable bonds is 0. The Balaban J connectivity index is 2.88. The summed E-state index contributed by atoms with van der Waals surface area (Å²) in [4.78, 5) is 0. The molecule has 1 aromatic carbocycles. The lowest BCUT2D eigenvalue weighted by molar-refractivity contribution is 1.76. The molecule has 2 aromatic rings. The molecule has 0 saturated heterocycles. The highest BCUT2D eigenvalue weighted by Crippen LogP contribution is 2.35.